The average Bonchev–Trinajstić information content (AvgIpc) is 2.65. The zero-order chi connectivity index (χ0) is 17.3. The number of fused-ring (bicyclic) bond motifs is 1. The van der Waals surface area contributed by atoms with Gasteiger partial charge in [-0.05, 0) is 13.0 Å². The van der Waals surface area contributed by atoms with Crippen molar-refractivity contribution in [3.05, 3.63) is 77.2 Å². The molecule has 0 saturated carbocycles. The molecule has 24 heavy (non-hydrogen) atoms. The van der Waals surface area contributed by atoms with Crippen LogP contribution in [0.3, 0.4) is 0 Å². The smallest absolute Gasteiger partial charge is 0.231 e. The molecule has 2 aromatic carbocycles. The highest BCUT2D eigenvalue weighted by Crippen LogP contribution is 2.30. The minimum absolute atomic E-state index is 0.329. The van der Waals surface area contributed by atoms with Crippen molar-refractivity contribution in [2.75, 3.05) is 18.2 Å². The largest absolute Gasteiger partial charge is 0.345 e. The lowest BCUT2D eigenvalue weighted by Crippen LogP contribution is -2.25. The molecule has 0 amide bonds. The molecule has 3 rings (SSSR count). The van der Waals surface area contributed by atoms with Crippen molar-refractivity contribution in [2.24, 2.45) is 4.99 Å². The number of rotatable bonds is 3. The van der Waals surface area contributed by atoms with Crippen LogP contribution in [0.5, 0.6) is 0 Å². The van der Waals surface area contributed by atoms with Gasteiger partial charge in [0.25, 0.3) is 0 Å². The molecule has 5 nitrogen and oxygen atoms in total. The second-order valence-electron chi connectivity index (χ2n) is 5.71. The Labute approximate surface area is 142 Å². The van der Waals surface area contributed by atoms with Crippen molar-refractivity contribution in [3.8, 4) is 0 Å². The van der Waals surface area contributed by atoms with E-state index in [1.54, 1.807) is 0 Å². The minimum Gasteiger partial charge on any atom is -0.345 e. The van der Waals surface area contributed by atoms with Crippen molar-refractivity contribution < 1.29 is 8.42 Å². The van der Waals surface area contributed by atoms with Gasteiger partial charge < -0.3 is 4.90 Å². The van der Waals surface area contributed by atoms with Gasteiger partial charge in [0.1, 0.15) is 0 Å². The fraction of sp³-hybridized carbons (Fsp3) is 0.167. The monoisotopic (exact) mass is 341 g/mol. The molecule has 0 aliphatic carbocycles. The van der Waals surface area contributed by atoms with Crippen molar-refractivity contribution in [1.82, 2.24) is 4.72 Å². The van der Waals surface area contributed by atoms with Gasteiger partial charge in [-0.3, -0.25) is 4.72 Å². The molecule has 1 N–H and O–H groups in total. The molecule has 1 aliphatic rings. The number of nitrogens with zero attached hydrogens (tertiary/aromatic N) is 2. The number of benzene rings is 2. The molecule has 124 valence electrons. The fourth-order valence-electron chi connectivity index (χ4n) is 2.65. The average molecular weight is 341 g/mol. The van der Waals surface area contributed by atoms with Crippen molar-refractivity contribution in [2.45, 2.75) is 6.92 Å². The van der Waals surface area contributed by atoms with Gasteiger partial charge in [-0.15, -0.1) is 0 Å². The number of sulfonamides is 1. The third-order valence-electron chi connectivity index (χ3n) is 3.92. The number of allylic oxidation sites excluding steroid dienone is 1. The lowest BCUT2D eigenvalue weighted by Gasteiger charge is -2.22. The van der Waals surface area contributed by atoms with E-state index in [1.807, 2.05) is 73.5 Å². The van der Waals surface area contributed by atoms with Crippen molar-refractivity contribution in [3.63, 3.8) is 0 Å². The highest BCUT2D eigenvalue weighted by molar-refractivity contribution is 7.88. The second kappa shape index (κ2) is 6.13. The first-order chi connectivity index (χ1) is 11.4. The maximum atomic E-state index is 11.7. The van der Waals surface area contributed by atoms with Gasteiger partial charge in [-0.25, -0.2) is 13.4 Å². The predicted molar refractivity (Wildman–Crippen MR) is 97.6 cm³/mol. The lowest BCUT2D eigenvalue weighted by molar-refractivity contribution is 0.594. The Morgan fingerprint density at radius 1 is 1.00 bits per heavy atom. The molecular weight excluding hydrogens is 322 g/mol. The number of para-hydroxylation sites is 1. The van der Waals surface area contributed by atoms with Crippen molar-refractivity contribution in [1.29, 1.82) is 0 Å². The van der Waals surface area contributed by atoms with Gasteiger partial charge in [0.05, 0.1) is 23.4 Å². The summed E-state index contributed by atoms with van der Waals surface area (Å²) < 4.78 is 26.0. The van der Waals surface area contributed by atoms with Crippen LogP contribution >= 0.6 is 0 Å². The molecular formula is C18H19N3O2S. The van der Waals surface area contributed by atoms with Crippen LogP contribution in [0, 0.1) is 0 Å². The van der Waals surface area contributed by atoms with E-state index >= 15 is 0 Å². The van der Waals surface area contributed by atoms with Gasteiger partial charge >= 0.3 is 0 Å². The fourth-order valence-corrected chi connectivity index (χ4v) is 3.19. The topological polar surface area (TPSA) is 61.8 Å². The number of hydrogen-bond acceptors (Lipinski definition) is 4. The summed E-state index contributed by atoms with van der Waals surface area (Å²) in [5.41, 5.74) is 4.33. The Hall–Kier alpha value is -2.60. The summed E-state index contributed by atoms with van der Waals surface area (Å²) >= 11 is 0. The first-order valence-corrected chi connectivity index (χ1v) is 9.42. The maximum Gasteiger partial charge on any atom is 0.231 e. The molecule has 1 aliphatic heterocycles. The molecule has 0 fully saturated rings. The molecule has 0 aromatic heterocycles. The molecule has 1 heterocycles. The van der Waals surface area contributed by atoms with Gasteiger partial charge in [0.2, 0.25) is 10.0 Å². The van der Waals surface area contributed by atoms with Crippen LogP contribution in [-0.2, 0) is 10.0 Å². The highest BCUT2D eigenvalue weighted by atomic mass is 32.2. The zero-order valence-corrected chi connectivity index (χ0v) is 14.6. The summed E-state index contributed by atoms with van der Waals surface area (Å²) in [6.07, 6.45) is 1.13. The van der Waals surface area contributed by atoms with Crippen LogP contribution in [0.2, 0.25) is 0 Å². The van der Waals surface area contributed by atoms with Gasteiger partial charge in [-0.2, -0.15) is 0 Å². The Balaban J connectivity index is 2.27. The molecule has 0 bridgehead atoms. The molecule has 0 spiro atoms. The van der Waals surface area contributed by atoms with E-state index in [0.29, 0.717) is 5.82 Å². The quantitative estimate of drug-likeness (QED) is 0.934. The first kappa shape index (κ1) is 16.3. The number of hydrogen-bond donors (Lipinski definition) is 1. The SMILES string of the molecule is CC1=C(NS(C)(=O)=O)N=C(c2ccccc2)c2ccccc2N1C. The van der Waals surface area contributed by atoms with Gasteiger partial charge in [0.15, 0.2) is 5.82 Å². The van der Waals surface area contributed by atoms with Crippen LogP contribution in [0.25, 0.3) is 0 Å². The van der Waals surface area contributed by atoms with Crippen LogP contribution in [0.1, 0.15) is 18.1 Å². The number of nitrogens with one attached hydrogen (secondary N) is 1. The standard InChI is InChI=1S/C18H19N3O2S/c1-13-18(20-24(3,22)23)19-17(14-9-5-4-6-10-14)15-11-7-8-12-16(15)21(13)2/h4-12,20H,1-3H3. The molecule has 0 radical (unpaired) electrons. The van der Waals surface area contributed by atoms with E-state index in [1.165, 1.54) is 0 Å². The number of aliphatic imine (C=N–C) groups is 1. The maximum absolute atomic E-state index is 11.7. The normalized spacial score (nSPS) is 14.8. The Kier molecular flexibility index (Phi) is 4.15. The number of anilines is 1. The predicted octanol–water partition coefficient (Wildman–Crippen LogP) is 2.71. The molecule has 0 unspecified atom stereocenters. The summed E-state index contributed by atoms with van der Waals surface area (Å²) in [4.78, 5) is 6.61. The summed E-state index contributed by atoms with van der Waals surface area (Å²) in [5.74, 6) is 0.329. The Bertz CT molecular complexity index is 932. The third kappa shape index (κ3) is 3.19. The summed E-state index contributed by atoms with van der Waals surface area (Å²) in [6, 6.07) is 17.7. The second-order valence-corrected chi connectivity index (χ2v) is 7.46. The van der Waals surface area contributed by atoms with Crippen LogP contribution < -0.4 is 9.62 Å². The summed E-state index contributed by atoms with van der Waals surface area (Å²) in [6.45, 7) is 1.85. The Morgan fingerprint density at radius 3 is 2.29 bits per heavy atom. The van der Waals surface area contributed by atoms with Crippen molar-refractivity contribution >= 4 is 21.4 Å². The van der Waals surface area contributed by atoms with Gasteiger partial charge in [-0.1, -0.05) is 48.5 Å². The van der Waals surface area contributed by atoms with Crippen LogP contribution in [0.4, 0.5) is 5.69 Å². The molecule has 0 saturated heterocycles. The minimum atomic E-state index is -3.43. The van der Waals surface area contributed by atoms with E-state index in [0.717, 1.165) is 34.5 Å². The van der Waals surface area contributed by atoms with E-state index in [2.05, 4.69) is 9.71 Å². The Morgan fingerprint density at radius 2 is 1.62 bits per heavy atom. The first-order valence-electron chi connectivity index (χ1n) is 7.53. The zero-order valence-electron chi connectivity index (χ0n) is 13.8. The summed E-state index contributed by atoms with van der Waals surface area (Å²) in [7, 11) is -1.53. The van der Waals surface area contributed by atoms with Gasteiger partial charge in [0, 0.05) is 18.2 Å². The molecule has 0 atom stereocenters. The van der Waals surface area contributed by atoms with Crippen LogP contribution in [0.15, 0.2) is 71.1 Å². The summed E-state index contributed by atoms with van der Waals surface area (Å²) in [5, 5.41) is 0. The van der Waals surface area contributed by atoms with E-state index < -0.39 is 10.0 Å². The highest BCUT2D eigenvalue weighted by Gasteiger charge is 2.22. The van der Waals surface area contributed by atoms with Crippen LogP contribution in [-0.4, -0.2) is 27.4 Å². The molecule has 6 heteroatoms. The van der Waals surface area contributed by atoms with E-state index in [9.17, 15) is 8.42 Å². The third-order valence-corrected chi connectivity index (χ3v) is 4.48. The van der Waals surface area contributed by atoms with E-state index in [4.69, 9.17) is 0 Å². The van der Waals surface area contributed by atoms with E-state index in [-0.39, 0.29) is 0 Å². The molecule has 2 aromatic rings. The lowest BCUT2D eigenvalue weighted by atomic mass is 10.0.